The fourth-order valence-corrected chi connectivity index (χ4v) is 2.47. The number of carbonyl (C=O) groups is 1. The van der Waals surface area contributed by atoms with E-state index in [0.717, 1.165) is 6.07 Å². The van der Waals surface area contributed by atoms with Gasteiger partial charge in [0.1, 0.15) is 11.4 Å². The highest BCUT2D eigenvalue weighted by molar-refractivity contribution is 6.04. The van der Waals surface area contributed by atoms with Crippen LogP contribution in [0.15, 0.2) is 48.5 Å². The smallest absolute Gasteiger partial charge is 0.418 e. The number of halogens is 3. The molecule has 1 aromatic heterocycles. The summed E-state index contributed by atoms with van der Waals surface area (Å²) in [6.45, 7) is 1.72. The summed E-state index contributed by atoms with van der Waals surface area (Å²) in [7, 11) is 0. The van der Waals surface area contributed by atoms with Gasteiger partial charge in [0, 0.05) is 5.56 Å². The summed E-state index contributed by atoms with van der Waals surface area (Å²) >= 11 is 0. The summed E-state index contributed by atoms with van der Waals surface area (Å²) in [6.07, 6.45) is -4.59. The van der Waals surface area contributed by atoms with Crippen molar-refractivity contribution in [3.63, 3.8) is 0 Å². The standard InChI is InChI=1S/C18H14F3N3O2/c1-10-5-4-6-11(16(10)25)14-9-15(24-23-14)17(26)22-13-8-3-2-7-12(13)18(19,20)21/h2-9,25H,1H3,(H,22,26)(H,23,24). The zero-order chi connectivity index (χ0) is 18.9. The van der Waals surface area contributed by atoms with Crippen molar-refractivity contribution < 1.29 is 23.1 Å². The Bertz CT molecular complexity index is 964. The van der Waals surface area contributed by atoms with E-state index in [1.165, 1.54) is 24.3 Å². The number of benzene rings is 2. The predicted octanol–water partition coefficient (Wildman–Crippen LogP) is 4.36. The summed E-state index contributed by atoms with van der Waals surface area (Å²) in [5, 5.41) is 18.7. The number of phenolic OH excluding ortho intramolecular Hbond substituents is 1. The molecule has 1 amide bonds. The van der Waals surface area contributed by atoms with Gasteiger partial charge >= 0.3 is 6.18 Å². The van der Waals surface area contributed by atoms with Gasteiger partial charge in [0.25, 0.3) is 5.91 Å². The lowest BCUT2D eigenvalue weighted by Gasteiger charge is -2.12. The lowest BCUT2D eigenvalue weighted by Crippen LogP contribution is -2.16. The number of aromatic amines is 1. The van der Waals surface area contributed by atoms with E-state index in [2.05, 4.69) is 15.5 Å². The lowest BCUT2D eigenvalue weighted by atomic mass is 10.1. The average molecular weight is 361 g/mol. The van der Waals surface area contributed by atoms with E-state index in [9.17, 15) is 23.1 Å². The minimum Gasteiger partial charge on any atom is -0.507 e. The average Bonchev–Trinajstić information content (AvgIpc) is 3.07. The van der Waals surface area contributed by atoms with Crippen molar-refractivity contribution in [1.82, 2.24) is 10.2 Å². The molecule has 8 heteroatoms. The molecule has 5 nitrogen and oxygen atoms in total. The number of phenols is 1. The Kier molecular flexibility index (Phi) is 4.41. The molecule has 134 valence electrons. The molecule has 3 N–H and O–H groups in total. The third-order valence-electron chi connectivity index (χ3n) is 3.82. The summed E-state index contributed by atoms with van der Waals surface area (Å²) < 4.78 is 39.0. The van der Waals surface area contributed by atoms with Crippen molar-refractivity contribution in [3.05, 3.63) is 65.4 Å². The van der Waals surface area contributed by atoms with Crippen LogP contribution in [0.2, 0.25) is 0 Å². The molecule has 0 aliphatic heterocycles. The molecule has 0 atom stereocenters. The predicted molar refractivity (Wildman–Crippen MR) is 89.8 cm³/mol. The first-order valence-electron chi connectivity index (χ1n) is 7.59. The van der Waals surface area contributed by atoms with Gasteiger partial charge in [-0.15, -0.1) is 0 Å². The van der Waals surface area contributed by atoms with Crippen LogP contribution < -0.4 is 5.32 Å². The fraction of sp³-hybridized carbons (Fsp3) is 0.111. The monoisotopic (exact) mass is 361 g/mol. The molecule has 0 spiro atoms. The molecule has 3 rings (SSSR count). The summed E-state index contributed by atoms with van der Waals surface area (Å²) in [5.41, 5.74) is 0.0360. The number of hydrogen-bond donors (Lipinski definition) is 3. The number of carbonyl (C=O) groups excluding carboxylic acids is 1. The number of H-pyrrole nitrogens is 1. The molecule has 0 aliphatic carbocycles. The highest BCUT2D eigenvalue weighted by atomic mass is 19.4. The van der Waals surface area contributed by atoms with Crippen LogP contribution in [0.4, 0.5) is 18.9 Å². The largest absolute Gasteiger partial charge is 0.507 e. The fourth-order valence-electron chi connectivity index (χ4n) is 2.47. The van der Waals surface area contributed by atoms with Gasteiger partial charge < -0.3 is 10.4 Å². The van der Waals surface area contributed by atoms with Crippen LogP contribution in [0.5, 0.6) is 5.75 Å². The topological polar surface area (TPSA) is 78.0 Å². The lowest BCUT2D eigenvalue weighted by molar-refractivity contribution is -0.136. The summed E-state index contributed by atoms with van der Waals surface area (Å²) in [4.78, 5) is 12.3. The van der Waals surface area contributed by atoms with Gasteiger partial charge in [-0.2, -0.15) is 18.3 Å². The van der Waals surface area contributed by atoms with E-state index in [0.29, 0.717) is 16.8 Å². The van der Waals surface area contributed by atoms with Gasteiger partial charge in [-0.3, -0.25) is 9.89 Å². The maximum Gasteiger partial charge on any atom is 0.418 e. The first-order chi connectivity index (χ1) is 12.3. The second-order valence-corrected chi connectivity index (χ2v) is 5.64. The zero-order valence-electron chi connectivity index (χ0n) is 13.6. The highest BCUT2D eigenvalue weighted by Crippen LogP contribution is 2.35. The van der Waals surface area contributed by atoms with E-state index in [1.807, 2.05) is 0 Å². The first-order valence-corrected chi connectivity index (χ1v) is 7.59. The van der Waals surface area contributed by atoms with Crippen LogP contribution in [0.1, 0.15) is 21.6 Å². The molecule has 0 fully saturated rings. The maximum atomic E-state index is 13.0. The molecular weight excluding hydrogens is 347 g/mol. The van der Waals surface area contributed by atoms with Gasteiger partial charge in [-0.05, 0) is 36.8 Å². The molecule has 0 aliphatic rings. The minimum absolute atomic E-state index is 0.0216. The zero-order valence-corrected chi connectivity index (χ0v) is 13.6. The Morgan fingerprint density at radius 3 is 2.62 bits per heavy atom. The Morgan fingerprint density at radius 2 is 1.88 bits per heavy atom. The van der Waals surface area contributed by atoms with Crippen LogP contribution in [0.3, 0.4) is 0 Å². The minimum atomic E-state index is -4.59. The molecule has 0 bridgehead atoms. The quantitative estimate of drug-likeness (QED) is 0.649. The molecule has 0 saturated heterocycles. The maximum absolute atomic E-state index is 13.0. The van der Waals surface area contributed by atoms with Gasteiger partial charge in [-0.1, -0.05) is 24.3 Å². The van der Waals surface area contributed by atoms with Crippen molar-refractivity contribution in [2.75, 3.05) is 5.32 Å². The van der Waals surface area contributed by atoms with E-state index in [-0.39, 0.29) is 17.1 Å². The number of rotatable bonds is 3. The van der Waals surface area contributed by atoms with Crippen LogP contribution in [0, 0.1) is 6.92 Å². The Hall–Kier alpha value is -3.29. The molecule has 0 saturated carbocycles. The van der Waals surface area contributed by atoms with E-state index in [4.69, 9.17) is 0 Å². The summed E-state index contributed by atoms with van der Waals surface area (Å²) in [6, 6.07) is 11.1. The van der Waals surface area contributed by atoms with Gasteiger partial charge in [0.2, 0.25) is 0 Å². The van der Waals surface area contributed by atoms with E-state index < -0.39 is 17.6 Å². The SMILES string of the molecule is Cc1cccc(-c2cc(C(=O)Nc3ccccc3C(F)(F)F)[nH]n2)c1O. The number of aryl methyl sites for hydroxylation is 1. The third-order valence-corrected chi connectivity index (χ3v) is 3.82. The van der Waals surface area contributed by atoms with Gasteiger partial charge in [0.05, 0.1) is 16.9 Å². The molecular formula is C18H14F3N3O2. The molecule has 1 heterocycles. The van der Waals surface area contributed by atoms with Gasteiger partial charge in [-0.25, -0.2) is 0 Å². The number of hydrogen-bond acceptors (Lipinski definition) is 3. The number of nitrogens with one attached hydrogen (secondary N) is 2. The van der Waals surface area contributed by atoms with Crippen molar-refractivity contribution in [2.45, 2.75) is 13.1 Å². The van der Waals surface area contributed by atoms with Crippen molar-refractivity contribution in [2.24, 2.45) is 0 Å². The Labute approximate surface area is 146 Å². The van der Waals surface area contributed by atoms with E-state index in [1.54, 1.807) is 25.1 Å². The number of alkyl halides is 3. The van der Waals surface area contributed by atoms with Crippen LogP contribution in [-0.4, -0.2) is 21.2 Å². The Balaban J connectivity index is 1.87. The van der Waals surface area contributed by atoms with Crippen LogP contribution in [-0.2, 0) is 6.18 Å². The van der Waals surface area contributed by atoms with Gasteiger partial charge in [0.15, 0.2) is 0 Å². The number of aromatic nitrogens is 2. The molecule has 3 aromatic rings. The molecule has 26 heavy (non-hydrogen) atoms. The number of aromatic hydroxyl groups is 1. The third kappa shape index (κ3) is 3.39. The van der Waals surface area contributed by atoms with E-state index >= 15 is 0 Å². The second kappa shape index (κ2) is 6.55. The molecule has 0 radical (unpaired) electrons. The first kappa shape index (κ1) is 17.5. The summed E-state index contributed by atoms with van der Waals surface area (Å²) in [5.74, 6) is -0.749. The molecule has 0 unspecified atom stereocenters. The van der Waals surface area contributed by atoms with Crippen molar-refractivity contribution >= 4 is 11.6 Å². The van der Waals surface area contributed by atoms with Crippen LogP contribution in [0.25, 0.3) is 11.3 Å². The number of anilines is 1. The molecule has 2 aromatic carbocycles. The number of para-hydroxylation sites is 2. The number of nitrogens with zero attached hydrogens (tertiary/aromatic N) is 1. The Morgan fingerprint density at radius 1 is 1.15 bits per heavy atom. The normalized spacial score (nSPS) is 11.4. The van der Waals surface area contributed by atoms with Crippen LogP contribution >= 0.6 is 0 Å². The highest BCUT2D eigenvalue weighted by Gasteiger charge is 2.33. The second-order valence-electron chi connectivity index (χ2n) is 5.64. The van der Waals surface area contributed by atoms with Crippen molar-refractivity contribution in [1.29, 1.82) is 0 Å². The van der Waals surface area contributed by atoms with Crippen molar-refractivity contribution in [3.8, 4) is 17.0 Å². The number of amides is 1.